The van der Waals surface area contributed by atoms with Crippen molar-refractivity contribution in [1.29, 1.82) is 0 Å². The highest BCUT2D eigenvalue weighted by Gasteiger charge is 2.16. The summed E-state index contributed by atoms with van der Waals surface area (Å²) in [6.45, 7) is 1.71. The van der Waals surface area contributed by atoms with Crippen molar-refractivity contribution >= 4 is 5.91 Å². The van der Waals surface area contributed by atoms with Gasteiger partial charge >= 0.3 is 0 Å². The van der Waals surface area contributed by atoms with Crippen LogP contribution in [0.3, 0.4) is 0 Å². The largest absolute Gasteiger partial charge is 0.506 e. The second kappa shape index (κ2) is 6.21. The number of aromatic nitrogens is 1. The summed E-state index contributed by atoms with van der Waals surface area (Å²) < 4.78 is 18.5. The average molecular weight is 290 g/mol. The molecule has 1 aromatic carbocycles. The standard InChI is InChI=1S/C15H15FN2O3/c1-9(13-6-11(16)3-4-14(13)21-2)18-15(20)10-5-12(19)8-17-7-10/h3-9,19H,1-2H3,(H,18,20). The lowest BCUT2D eigenvalue weighted by Crippen LogP contribution is -2.27. The van der Waals surface area contributed by atoms with Gasteiger partial charge in [-0.15, -0.1) is 0 Å². The predicted octanol–water partition coefficient (Wildman–Crippen LogP) is 2.43. The van der Waals surface area contributed by atoms with Crippen molar-refractivity contribution in [2.45, 2.75) is 13.0 Å². The Morgan fingerprint density at radius 3 is 2.81 bits per heavy atom. The Labute approximate surface area is 121 Å². The summed E-state index contributed by atoms with van der Waals surface area (Å²) in [6, 6.07) is 4.94. The second-order valence-corrected chi connectivity index (χ2v) is 4.51. The molecule has 0 aliphatic rings. The Morgan fingerprint density at radius 1 is 1.38 bits per heavy atom. The third-order valence-electron chi connectivity index (χ3n) is 2.99. The molecule has 5 nitrogen and oxygen atoms in total. The first-order valence-corrected chi connectivity index (χ1v) is 6.29. The summed E-state index contributed by atoms with van der Waals surface area (Å²) >= 11 is 0. The number of nitrogens with one attached hydrogen (secondary N) is 1. The van der Waals surface area contributed by atoms with Gasteiger partial charge in [0.05, 0.1) is 24.9 Å². The first-order chi connectivity index (χ1) is 10.0. The van der Waals surface area contributed by atoms with Crippen LogP contribution >= 0.6 is 0 Å². The first-order valence-electron chi connectivity index (χ1n) is 6.29. The van der Waals surface area contributed by atoms with E-state index in [1.165, 1.54) is 43.8 Å². The minimum atomic E-state index is -0.467. The molecule has 2 rings (SSSR count). The molecule has 110 valence electrons. The van der Waals surface area contributed by atoms with E-state index in [-0.39, 0.29) is 11.3 Å². The van der Waals surface area contributed by atoms with Crippen molar-refractivity contribution in [1.82, 2.24) is 10.3 Å². The Kier molecular flexibility index (Phi) is 4.37. The lowest BCUT2D eigenvalue weighted by atomic mass is 10.1. The summed E-state index contributed by atoms with van der Waals surface area (Å²) in [5.41, 5.74) is 0.746. The molecule has 0 saturated carbocycles. The molecular formula is C15H15FN2O3. The summed E-state index contributed by atoms with van der Waals surface area (Å²) in [4.78, 5) is 15.8. The van der Waals surface area contributed by atoms with Gasteiger partial charge in [0.1, 0.15) is 17.3 Å². The maximum Gasteiger partial charge on any atom is 0.253 e. The highest BCUT2D eigenvalue weighted by molar-refractivity contribution is 5.94. The Balaban J connectivity index is 2.20. The van der Waals surface area contributed by atoms with E-state index < -0.39 is 17.8 Å². The molecule has 0 saturated heterocycles. The van der Waals surface area contributed by atoms with Crippen LogP contribution in [-0.4, -0.2) is 23.1 Å². The van der Waals surface area contributed by atoms with Crippen LogP contribution in [0.2, 0.25) is 0 Å². The van der Waals surface area contributed by atoms with Gasteiger partial charge in [0.25, 0.3) is 5.91 Å². The molecule has 0 aliphatic heterocycles. The lowest BCUT2D eigenvalue weighted by Gasteiger charge is -2.17. The van der Waals surface area contributed by atoms with E-state index in [0.717, 1.165) is 0 Å². The van der Waals surface area contributed by atoms with Crippen molar-refractivity contribution in [3.05, 3.63) is 53.6 Å². The van der Waals surface area contributed by atoms with Crippen molar-refractivity contribution in [3.8, 4) is 11.5 Å². The van der Waals surface area contributed by atoms with Crippen LogP contribution in [0.15, 0.2) is 36.7 Å². The number of carbonyl (C=O) groups is 1. The minimum absolute atomic E-state index is 0.0985. The SMILES string of the molecule is COc1ccc(F)cc1C(C)NC(=O)c1cncc(O)c1. The maximum absolute atomic E-state index is 13.3. The van der Waals surface area contributed by atoms with Gasteiger partial charge in [0, 0.05) is 11.8 Å². The summed E-state index contributed by atoms with van der Waals surface area (Å²) in [7, 11) is 1.48. The molecule has 2 aromatic rings. The monoisotopic (exact) mass is 290 g/mol. The van der Waals surface area contributed by atoms with Gasteiger partial charge < -0.3 is 15.2 Å². The van der Waals surface area contributed by atoms with E-state index in [4.69, 9.17) is 4.74 Å². The molecule has 1 atom stereocenters. The van der Waals surface area contributed by atoms with Gasteiger partial charge in [0.15, 0.2) is 0 Å². The van der Waals surface area contributed by atoms with Gasteiger partial charge in [-0.1, -0.05) is 0 Å². The lowest BCUT2D eigenvalue weighted by molar-refractivity contribution is 0.0938. The van der Waals surface area contributed by atoms with Gasteiger partial charge in [-0.2, -0.15) is 0 Å². The molecule has 1 heterocycles. The normalized spacial score (nSPS) is 11.8. The number of methoxy groups -OCH3 is 1. The third kappa shape index (κ3) is 3.47. The van der Waals surface area contributed by atoms with Crippen molar-refractivity contribution in [2.24, 2.45) is 0 Å². The number of carbonyl (C=O) groups excluding carboxylic acids is 1. The molecule has 2 N–H and O–H groups in total. The van der Waals surface area contributed by atoms with Crippen LogP contribution in [-0.2, 0) is 0 Å². The smallest absolute Gasteiger partial charge is 0.253 e. The number of benzene rings is 1. The molecule has 1 aromatic heterocycles. The van der Waals surface area contributed by atoms with E-state index in [9.17, 15) is 14.3 Å². The molecule has 0 bridgehead atoms. The topological polar surface area (TPSA) is 71.5 Å². The quantitative estimate of drug-likeness (QED) is 0.907. The van der Waals surface area contributed by atoms with Crippen molar-refractivity contribution < 1.29 is 19.0 Å². The zero-order valence-electron chi connectivity index (χ0n) is 11.6. The maximum atomic E-state index is 13.3. The summed E-state index contributed by atoms with van der Waals surface area (Å²) in [5, 5.41) is 12.0. The van der Waals surface area contributed by atoms with Crippen LogP contribution in [0, 0.1) is 5.82 Å². The fraction of sp³-hybridized carbons (Fsp3) is 0.200. The predicted molar refractivity (Wildman–Crippen MR) is 74.7 cm³/mol. The van der Waals surface area contributed by atoms with E-state index >= 15 is 0 Å². The number of hydrogen-bond donors (Lipinski definition) is 2. The number of amides is 1. The zero-order valence-corrected chi connectivity index (χ0v) is 11.6. The first kappa shape index (κ1) is 14.8. The number of ether oxygens (including phenoxy) is 1. The van der Waals surface area contributed by atoms with E-state index in [2.05, 4.69) is 10.3 Å². The fourth-order valence-electron chi connectivity index (χ4n) is 1.95. The molecule has 0 radical (unpaired) electrons. The van der Waals surface area contributed by atoms with Crippen LogP contribution in [0.25, 0.3) is 0 Å². The van der Waals surface area contributed by atoms with Crippen LogP contribution in [0.1, 0.15) is 28.9 Å². The molecule has 0 spiro atoms. The van der Waals surface area contributed by atoms with Gasteiger partial charge in [-0.25, -0.2) is 4.39 Å². The highest BCUT2D eigenvalue weighted by Crippen LogP contribution is 2.26. The number of halogens is 1. The van der Waals surface area contributed by atoms with Crippen molar-refractivity contribution in [3.63, 3.8) is 0 Å². The fourth-order valence-corrected chi connectivity index (χ4v) is 1.95. The van der Waals surface area contributed by atoms with Crippen LogP contribution in [0.4, 0.5) is 4.39 Å². The Bertz CT molecular complexity index is 661. The minimum Gasteiger partial charge on any atom is -0.506 e. The van der Waals surface area contributed by atoms with E-state index in [0.29, 0.717) is 11.3 Å². The number of rotatable bonds is 4. The van der Waals surface area contributed by atoms with Gasteiger partial charge in [0.2, 0.25) is 0 Å². The van der Waals surface area contributed by atoms with E-state index in [1.807, 2.05) is 0 Å². The number of nitrogens with zero attached hydrogens (tertiary/aromatic N) is 1. The highest BCUT2D eigenvalue weighted by atomic mass is 19.1. The van der Waals surface area contributed by atoms with Crippen molar-refractivity contribution in [2.75, 3.05) is 7.11 Å². The zero-order chi connectivity index (χ0) is 15.4. The molecule has 0 fully saturated rings. The number of aromatic hydroxyl groups is 1. The molecular weight excluding hydrogens is 275 g/mol. The van der Waals surface area contributed by atoms with E-state index in [1.54, 1.807) is 6.92 Å². The van der Waals surface area contributed by atoms with Gasteiger partial charge in [-0.05, 0) is 31.2 Å². The third-order valence-corrected chi connectivity index (χ3v) is 2.99. The Morgan fingerprint density at radius 2 is 2.14 bits per heavy atom. The van der Waals surface area contributed by atoms with Crippen LogP contribution in [0.5, 0.6) is 11.5 Å². The molecule has 0 aliphatic carbocycles. The summed E-state index contributed by atoms with van der Waals surface area (Å²) in [5.74, 6) is -0.444. The van der Waals surface area contributed by atoms with Crippen LogP contribution < -0.4 is 10.1 Å². The second-order valence-electron chi connectivity index (χ2n) is 4.51. The Hall–Kier alpha value is -2.63. The van der Waals surface area contributed by atoms with Gasteiger partial charge in [-0.3, -0.25) is 9.78 Å². The average Bonchev–Trinajstić information content (AvgIpc) is 2.47. The molecule has 1 amide bonds. The number of hydrogen-bond acceptors (Lipinski definition) is 4. The molecule has 6 heteroatoms. The number of pyridine rings is 1. The molecule has 1 unspecified atom stereocenters. The summed E-state index contributed by atoms with van der Waals surface area (Å²) in [6.07, 6.45) is 2.57. The molecule has 21 heavy (non-hydrogen) atoms.